The number of nitrogens with zero attached hydrogens (tertiary/aromatic N) is 1. The molecule has 0 aliphatic heterocycles. The Kier molecular flexibility index (Phi) is 4.13. The molecule has 0 spiro atoms. The van der Waals surface area contributed by atoms with Crippen molar-refractivity contribution in [3.8, 4) is 0 Å². The molecule has 2 aromatic heterocycles. The minimum absolute atomic E-state index is 0.450. The molecule has 0 atom stereocenters. The standard InChI is InChI=1S/C9H7BrClNOS2/c10-9-12-3-7(15-9)5-14-4-6-1-2-8(11)13-6/h1-3H,4-5H2. The maximum atomic E-state index is 5.67. The number of thioether (sulfide) groups is 1. The topological polar surface area (TPSA) is 26.0 Å². The number of rotatable bonds is 4. The molecule has 80 valence electrons. The number of halogens is 2. The van der Waals surface area contributed by atoms with Crippen molar-refractivity contribution < 1.29 is 4.42 Å². The van der Waals surface area contributed by atoms with Gasteiger partial charge in [-0.05, 0) is 39.7 Å². The molecule has 2 heterocycles. The van der Waals surface area contributed by atoms with Crippen LogP contribution in [0.15, 0.2) is 26.7 Å². The predicted molar refractivity (Wildman–Crippen MR) is 68.5 cm³/mol. The molecule has 0 aromatic carbocycles. The number of thiazole rings is 1. The van der Waals surface area contributed by atoms with Crippen LogP contribution < -0.4 is 0 Å². The van der Waals surface area contributed by atoms with Crippen molar-refractivity contribution in [2.45, 2.75) is 11.5 Å². The summed E-state index contributed by atoms with van der Waals surface area (Å²) in [6.07, 6.45) is 1.89. The zero-order valence-corrected chi connectivity index (χ0v) is 11.5. The fourth-order valence-corrected chi connectivity index (χ4v) is 3.57. The Morgan fingerprint density at radius 2 is 2.33 bits per heavy atom. The highest BCUT2D eigenvalue weighted by Gasteiger charge is 2.02. The third-order valence-electron chi connectivity index (χ3n) is 1.64. The van der Waals surface area contributed by atoms with Gasteiger partial charge in [0.2, 0.25) is 0 Å². The van der Waals surface area contributed by atoms with Crippen molar-refractivity contribution in [2.75, 3.05) is 0 Å². The smallest absolute Gasteiger partial charge is 0.193 e. The predicted octanol–water partition coefficient (Wildman–Crippen LogP) is 4.59. The van der Waals surface area contributed by atoms with Gasteiger partial charge in [-0.1, -0.05) is 0 Å². The second-order valence-electron chi connectivity index (χ2n) is 2.78. The third-order valence-corrected chi connectivity index (χ3v) is 4.51. The highest BCUT2D eigenvalue weighted by atomic mass is 79.9. The van der Waals surface area contributed by atoms with E-state index in [1.807, 2.05) is 12.3 Å². The normalized spacial score (nSPS) is 10.8. The molecule has 0 aliphatic rings. The monoisotopic (exact) mass is 323 g/mol. The molecule has 0 amide bonds. The molecule has 2 aromatic rings. The van der Waals surface area contributed by atoms with E-state index in [4.69, 9.17) is 16.0 Å². The minimum Gasteiger partial charge on any atom is -0.449 e. The Labute approximate surface area is 109 Å². The Bertz CT molecular complexity index is 403. The molecule has 0 N–H and O–H groups in total. The van der Waals surface area contributed by atoms with E-state index in [1.54, 1.807) is 29.2 Å². The first kappa shape index (κ1) is 11.5. The first-order valence-corrected chi connectivity index (χ1v) is 7.30. The Morgan fingerprint density at radius 3 is 2.93 bits per heavy atom. The summed E-state index contributed by atoms with van der Waals surface area (Å²) in [6.45, 7) is 0. The van der Waals surface area contributed by atoms with Crippen molar-refractivity contribution in [1.29, 1.82) is 0 Å². The maximum absolute atomic E-state index is 5.67. The highest BCUT2D eigenvalue weighted by molar-refractivity contribution is 9.11. The van der Waals surface area contributed by atoms with E-state index in [1.165, 1.54) is 4.88 Å². The van der Waals surface area contributed by atoms with Gasteiger partial charge >= 0.3 is 0 Å². The largest absolute Gasteiger partial charge is 0.449 e. The zero-order valence-electron chi connectivity index (χ0n) is 7.57. The summed E-state index contributed by atoms with van der Waals surface area (Å²) in [6, 6.07) is 3.67. The molecule has 6 heteroatoms. The van der Waals surface area contributed by atoms with Crippen LogP contribution in [-0.2, 0) is 11.5 Å². The van der Waals surface area contributed by atoms with E-state index in [0.717, 1.165) is 21.2 Å². The molecule has 0 aliphatic carbocycles. The molecular formula is C9H7BrClNOS2. The van der Waals surface area contributed by atoms with Crippen LogP contribution in [0.25, 0.3) is 0 Å². The summed E-state index contributed by atoms with van der Waals surface area (Å²) >= 11 is 12.4. The van der Waals surface area contributed by atoms with E-state index in [2.05, 4.69) is 20.9 Å². The molecule has 0 saturated carbocycles. The van der Waals surface area contributed by atoms with E-state index in [-0.39, 0.29) is 0 Å². The number of hydrogen-bond acceptors (Lipinski definition) is 4. The molecular weight excluding hydrogens is 318 g/mol. The highest BCUT2D eigenvalue weighted by Crippen LogP contribution is 2.25. The number of furan rings is 1. The quantitative estimate of drug-likeness (QED) is 0.823. The van der Waals surface area contributed by atoms with Gasteiger partial charge in [0.15, 0.2) is 9.14 Å². The van der Waals surface area contributed by atoms with Crippen LogP contribution >= 0.6 is 50.6 Å². The summed E-state index contributed by atoms with van der Waals surface area (Å²) in [7, 11) is 0. The lowest BCUT2D eigenvalue weighted by Crippen LogP contribution is -1.76. The van der Waals surface area contributed by atoms with Gasteiger partial charge < -0.3 is 4.42 Å². The zero-order chi connectivity index (χ0) is 10.7. The van der Waals surface area contributed by atoms with Gasteiger partial charge in [-0.25, -0.2) is 4.98 Å². The van der Waals surface area contributed by atoms with Crippen molar-refractivity contribution >= 4 is 50.6 Å². The van der Waals surface area contributed by atoms with Crippen LogP contribution in [0, 0.1) is 0 Å². The van der Waals surface area contributed by atoms with Crippen LogP contribution in [-0.4, -0.2) is 4.98 Å². The van der Waals surface area contributed by atoms with Gasteiger partial charge in [-0.15, -0.1) is 23.1 Å². The molecule has 2 nitrogen and oxygen atoms in total. The first-order chi connectivity index (χ1) is 7.24. The minimum atomic E-state index is 0.450. The fourth-order valence-electron chi connectivity index (χ4n) is 1.03. The van der Waals surface area contributed by atoms with Crippen molar-refractivity contribution in [1.82, 2.24) is 4.98 Å². The van der Waals surface area contributed by atoms with Gasteiger partial charge in [-0.2, -0.15) is 0 Å². The lowest BCUT2D eigenvalue weighted by atomic mass is 10.5. The fraction of sp³-hybridized carbons (Fsp3) is 0.222. The second-order valence-corrected chi connectivity index (χ2v) is 6.53. The molecule has 2 rings (SSSR count). The van der Waals surface area contributed by atoms with Gasteiger partial charge in [0.05, 0.1) is 5.75 Å². The van der Waals surface area contributed by atoms with Gasteiger partial charge in [0.1, 0.15) is 5.76 Å². The lowest BCUT2D eigenvalue weighted by Gasteiger charge is -1.95. The maximum Gasteiger partial charge on any atom is 0.193 e. The van der Waals surface area contributed by atoms with Gasteiger partial charge in [0, 0.05) is 16.8 Å². The molecule has 0 radical (unpaired) electrons. The van der Waals surface area contributed by atoms with E-state index >= 15 is 0 Å². The summed E-state index contributed by atoms with van der Waals surface area (Å²) in [5.74, 6) is 2.69. The molecule has 15 heavy (non-hydrogen) atoms. The summed E-state index contributed by atoms with van der Waals surface area (Å²) in [5.41, 5.74) is 0. The third kappa shape index (κ3) is 3.52. The molecule has 0 unspecified atom stereocenters. The Hall–Kier alpha value is 0.0300. The summed E-state index contributed by atoms with van der Waals surface area (Å²) in [4.78, 5) is 5.38. The number of hydrogen-bond donors (Lipinski definition) is 0. The van der Waals surface area contributed by atoms with Crippen molar-refractivity contribution in [2.24, 2.45) is 0 Å². The lowest BCUT2D eigenvalue weighted by molar-refractivity contribution is 0.532. The second kappa shape index (κ2) is 5.39. The average Bonchev–Trinajstić information content (AvgIpc) is 2.76. The van der Waals surface area contributed by atoms with Crippen LogP contribution in [0.5, 0.6) is 0 Å². The Balaban J connectivity index is 1.80. The molecule has 0 saturated heterocycles. The van der Waals surface area contributed by atoms with Crippen LogP contribution in [0.2, 0.25) is 5.22 Å². The number of aromatic nitrogens is 1. The SMILES string of the molecule is Clc1ccc(CSCc2cnc(Br)s2)o1. The average molecular weight is 325 g/mol. The summed E-state index contributed by atoms with van der Waals surface area (Å²) in [5, 5.41) is 0.450. The van der Waals surface area contributed by atoms with E-state index in [0.29, 0.717) is 5.22 Å². The van der Waals surface area contributed by atoms with Gasteiger partial charge in [-0.3, -0.25) is 0 Å². The van der Waals surface area contributed by atoms with Gasteiger partial charge in [0.25, 0.3) is 0 Å². The van der Waals surface area contributed by atoms with Crippen LogP contribution in [0.4, 0.5) is 0 Å². The summed E-state index contributed by atoms with van der Waals surface area (Å²) < 4.78 is 6.18. The van der Waals surface area contributed by atoms with E-state index in [9.17, 15) is 0 Å². The van der Waals surface area contributed by atoms with Crippen molar-refractivity contribution in [3.63, 3.8) is 0 Å². The van der Waals surface area contributed by atoms with E-state index < -0.39 is 0 Å². The van der Waals surface area contributed by atoms with Crippen LogP contribution in [0.1, 0.15) is 10.6 Å². The Morgan fingerprint density at radius 1 is 1.47 bits per heavy atom. The molecule has 0 bridgehead atoms. The first-order valence-electron chi connectivity index (χ1n) is 4.16. The molecule has 0 fully saturated rings. The van der Waals surface area contributed by atoms with Crippen molar-refractivity contribution in [3.05, 3.63) is 38.1 Å². The van der Waals surface area contributed by atoms with Crippen LogP contribution in [0.3, 0.4) is 0 Å².